The summed E-state index contributed by atoms with van der Waals surface area (Å²) in [5, 5.41) is 0. The van der Waals surface area contributed by atoms with Crippen LogP contribution in [0.15, 0.2) is 48.5 Å². The van der Waals surface area contributed by atoms with Crippen molar-refractivity contribution >= 4 is 22.6 Å². The summed E-state index contributed by atoms with van der Waals surface area (Å²) in [7, 11) is 3.66. The van der Waals surface area contributed by atoms with Crippen LogP contribution in [0.2, 0.25) is 0 Å². The average Bonchev–Trinajstić information content (AvgIpc) is 3.16. The number of aryl methyl sites for hydroxylation is 1. The molecule has 24 heavy (non-hydrogen) atoms. The molecule has 1 atom stereocenters. The molecule has 4 rings (SSSR count). The number of para-hydroxylation sites is 2. The number of aromatic nitrogens is 2. The number of hydrogen-bond donors (Lipinski definition) is 0. The summed E-state index contributed by atoms with van der Waals surface area (Å²) in [4.78, 5) is 19.1. The fourth-order valence-electron chi connectivity index (χ4n) is 3.42. The van der Waals surface area contributed by atoms with Crippen LogP contribution in [0.4, 0.5) is 5.69 Å². The van der Waals surface area contributed by atoms with Crippen LogP contribution in [-0.2, 0) is 11.8 Å². The fourth-order valence-corrected chi connectivity index (χ4v) is 3.42. The molecule has 0 radical (unpaired) electrons. The molecule has 1 fully saturated rings. The molecule has 0 saturated carbocycles. The zero-order chi connectivity index (χ0) is 16.7. The Balaban J connectivity index is 1.64. The molecule has 1 saturated heterocycles. The largest absolute Gasteiger partial charge is 0.497 e. The summed E-state index contributed by atoms with van der Waals surface area (Å²) in [5.41, 5.74) is 2.98. The molecule has 1 aromatic heterocycles. The lowest BCUT2D eigenvalue weighted by atomic mass is 10.1. The lowest BCUT2D eigenvalue weighted by Crippen LogP contribution is -2.24. The van der Waals surface area contributed by atoms with E-state index < -0.39 is 0 Å². The Morgan fingerprint density at radius 1 is 1.12 bits per heavy atom. The maximum atomic E-state index is 12.5. The molecular formula is C19H19N3O2. The van der Waals surface area contributed by atoms with Gasteiger partial charge in [-0.2, -0.15) is 0 Å². The topological polar surface area (TPSA) is 47.4 Å². The standard InChI is InChI=1S/C19H19N3O2/c1-21-17-6-4-3-5-16(17)20-19(21)13-11-18(23)22(12-13)14-7-9-15(24-2)10-8-14/h3-10,13H,11-12H2,1-2H3/t13-/m0/s1. The minimum Gasteiger partial charge on any atom is -0.497 e. The molecule has 5 nitrogen and oxygen atoms in total. The molecule has 3 aromatic rings. The van der Waals surface area contributed by atoms with Crippen LogP contribution < -0.4 is 9.64 Å². The summed E-state index contributed by atoms with van der Waals surface area (Å²) >= 11 is 0. The smallest absolute Gasteiger partial charge is 0.227 e. The number of methoxy groups -OCH3 is 1. The Kier molecular flexibility index (Phi) is 3.49. The van der Waals surface area contributed by atoms with E-state index in [4.69, 9.17) is 9.72 Å². The third kappa shape index (κ3) is 2.33. The first-order chi connectivity index (χ1) is 11.7. The van der Waals surface area contributed by atoms with Crippen molar-refractivity contribution in [2.24, 2.45) is 7.05 Å². The van der Waals surface area contributed by atoms with Crippen LogP contribution in [0.1, 0.15) is 18.2 Å². The number of carbonyl (C=O) groups excluding carboxylic acids is 1. The second kappa shape index (κ2) is 5.67. The Morgan fingerprint density at radius 2 is 1.88 bits per heavy atom. The molecule has 0 spiro atoms. The maximum Gasteiger partial charge on any atom is 0.227 e. The van der Waals surface area contributed by atoms with Crippen molar-refractivity contribution in [1.82, 2.24) is 9.55 Å². The number of amides is 1. The van der Waals surface area contributed by atoms with Crippen molar-refractivity contribution in [3.05, 3.63) is 54.4 Å². The first-order valence-electron chi connectivity index (χ1n) is 8.03. The van der Waals surface area contributed by atoms with Gasteiger partial charge in [-0.15, -0.1) is 0 Å². The third-order valence-corrected chi connectivity index (χ3v) is 4.70. The maximum absolute atomic E-state index is 12.5. The SMILES string of the molecule is COc1ccc(N2C[C@@H](c3nc4ccccc4n3C)CC2=O)cc1. The highest BCUT2D eigenvalue weighted by molar-refractivity contribution is 5.96. The zero-order valence-corrected chi connectivity index (χ0v) is 13.8. The molecule has 122 valence electrons. The van der Waals surface area contributed by atoms with E-state index >= 15 is 0 Å². The normalized spacial score (nSPS) is 17.7. The summed E-state index contributed by atoms with van der Waals surface area (Å²) in [6.45, 7) is 0.655. The number of anilines is 1. The molecule has 2 aromatic carbocycles. The number of carbonyl (C=O) groups is 1. The van der Waals surface area contributed by atoms with E-state index in [1.54, 1.807) is 7.11 Å². The predicted molar refractivity (Wildman–Crippen MR) is 93.4 cm³/mol. The highest BCUT2D eigenvalue weighted by Gasteiger charge is 2.34. The van der Waals surface area contributed by atoms with Gasteiger partial charge in [0.25, 0.3) is 0 Å². The fraction of sp³-hybridized carbons (Fsp3) is 0.263. The molecular weight excluding hydrogens is 302 g/mol. The molecule has 0 bridgehead atoms. The first kappa shape index (κ1) is 14.8. The molecule has 5 heteroatoms. The van der Waals surface area contributed by atoms with Gasteiger partial charge in [0.1, 0.15) is 11.6 Å². The number of imidazole rings is 1. The van der Waals surface area contributed by atoms with Gasteiger partial charge in [0.15, 0.2) is 0 Å². The minimum absolute atomic E-state index is 0.108. The Morgan fingerprint density at radius 3 is 2.58 bits per heavy atom. The van der Waals surface area contributed by atoms with Crippen LogP contribution in [0.5, 0.6) is 5.75 Å². The van der Waals surface area contributed by atoms with Crippen LogP contribution in [0.25, 0.3) is 11.0 Å². The zero-order valence-electron chi connectivity index (χ0n) is 13.8. The molecule has 1 aliphatic heterocycles. The lowest BCUT2D eigenvalue weighted by molar-refractivity contribution is -0.117. The molecule has 1 aliphatic rings. The van der Waals surface area contributed by atoms with Gasteiger partial charge < -0.3 is 14.2 Å². The van der Waals surface area contributed by atoms with Gasteiger partial charge in [0, 0.05) is 31.6 Å². The van der Waals surface area contributed by atoms with E-state index in [0.717, 1.165) is 28.3 Å². The van der Waals surface area contributed by atoms with Gasteiger partial charge >= 0.3 is 0 Å². The van der Waals surface area contributed by atoms with Crippen molar-refractivity contribution in [2.45, 2.75) is 12.3 Å². The van der Waals surface area contributed by atoms with Gasteiger partial charge in [-0.1, -0.05) is 12.1 Å². The van der Waals surface area contributed by atoms with Gasteiger partial charge in [-0.3, -0.25) is 4.79 Å². The number of benzene rings is 2. The van der Waals surface area contributed by atoms with E-state index in [1.165, 1.54) is 0 Å². The van der Waals surface area contributed by atoms with Crippen molar-refractivity contribution < 1.29 is 9.53 Å². The van der Waals surface area contributed by atoms with Gasteiger partial charge in [0.2, 0.25) is 5.91 Å². The van der Waals surface area contributed by atoms with Crippen LogP contribution in [0.3, 0.4) is 0 Å². The van der Waals surface area contributed by atoms with E-state index in [9.17, 15) is 4.79 Å². The van der Waals surface area contributed by atoms with E-state index in [-0.39, 0.29) is 11.8 Å². The molecule has 0 aliphatic carbocycles. The second-order valence-corrected chi connectivity index (χ2v) is 6.12. The van der Waals surface area contributed by atoms with Gasteiger partial charge in [-0.25, -0.2) is 4.98 Å². The summed E-state index contributed by atoms with van der Waals surface area (Å²) in [6, 6.07) is 15.7. The summed E-state index contributed by atoms with van der Waals surface area (Å²) in [5.74, 6) is 2.01. The van der Waals surface area contributed by atoms with Crippen LogP contribution >= 0.6 is 0 Å². The number of rotatable bonds is 3. The van der Waals surface area contributed by atoms with E-state index in [0.29, 0.717) is 13.0 Å². The summed E-state index contributed by atoms with van der Waals surface area (Å²) in [6.07, 6.45) is 0.489. The number of nitrogens with zero attached hydrogens (tertiary/aromatic N) is 3. The quantitative estimate of drug-likeness (QED) is 0.745. The van der Waals surface area contributed by atoms with E-state index in [1.807, 2.05) is 54.4 Å². The van der Waals surface area contributed by atoms with Crippen molar-refractivity contribution in [1.29, 1.82) is 0 Å². The molecule has 2 heterocycles. The van der Waals surface area contributed by atoms with Crippen molar-refractivity contribution in [2.75, 3.05) is 18.6 Å². The van der Waals surface area contributed by atoms with Gasteiger partial charge in [0.05, 0.1) is 18.1 Å². The number of fused-ring (bicyclic) bond motifs is 1. The lowest BCUT2D eigenvalue weighted by Gasteiger charge is -2.17. The Bertz CT molecular complexity index is 899. The molecule has 1 amide bonds. The van der Waals surface area contributed by atoms with Crippen molar-refractivity contribution in [3.8, 4) is 5.75 Å². The number of ether oxygens (including phenoxy) is 1. The van der Waals surface area contributed by atoms with Crippen LogP contribution in [0, 0.1) is 0 Å². The van der Waals surface area contributed by atoms with Gasteiger partial charge in [-0.05, 0) is 36.4 Å². The Labute approximate surface area is 140 Å². The predicted octanol–water partition coefficient (Wildman–Crippen LogP) is 3.10. The van der Waals surface area contributed by atoms with E-state index in [2.05, 4.69) is 10.6 Å². The third-order valence-electron chi connectivity index (χ3n) is 4.70. The van der Waals surface area contributed by atoms with Crippen LogP contribution in [-0.4, -0.2) is 29.1 Å². The average molecular weight is 321 g/mol. The highest BCUT2D eigenvalue weighted by Crippen LogP contribution is 2.33. The monoisotopic (exact) mass is 321 g/mol. The second-order valence-electron chi connectivity index (χ2n) is 6.12. The molecule has 0 unspecified atom stereocenters. The molecule has 0 N–H and O–H groups in total. The minimum atomic E-state index is 0.108. The first-order valence-corrected chi connectivity index (χ1v) is 8.03. The Hall–Kier alpha value is -2.82. The summed E-state index contributed by atoms with van der Waals surface area (Å²) < 4.78 is 7.28. The highest BCUT2D eigenvalue weighted by atomic mass is 16.5. The number of hydrogen-bond acceptors (Lipinski definition) is 3. The van der Waals surface area contributed by atoms with Crippen molar-refractivity contribution in [3.63, 3.8) is 0 Å².